The highest BCUT2D eigenvalue weighted by molar-refractivity contribution is 5.76. The standard InChI is InChI=1S/C15H22N2O2/c1-3-19-15(18)13(16)10-17-11(2)8-9-12-6-4-5-7-14(12)17/h4-7,11,13H,3,8-10,16H2,1-2H3. The summed E-state index contributed by atoms with van der Waals surface area (Å²) in [4.78, 5) is 13.9. The molecule has 2 unspecified atom stereocenters. The normalized spacial score (nSPS) is 19.7. The molecule has 4 heteroatoms. The van der Waals surface area contributed by atoms with Gasteiger partial charge >= 0.3 is 5.97 Å². The smallest absolute Gasteiger partial charge is 0.324 e. The third kappa shape index (κ3) is 3.07. The fourth-order valence-corrected chi connectivity index (χ4v) is 2.57. The van der Waals surface area contributed by atoms with Gasteiger partial charge in [0, 0.05) is 18.3 Å². The van der Waals surface area contributed by atoms with E-state index in [0.29, 0.717) is 19.2 Å². The zero-order chi connectivity index (χ0) is 13.8. The van der Waals surface area contributed by atoms with Gasteiger partial charge in [0.1, 0.15) is 6.04 Å². The van der Waals surface area contributed by atoms with E-state index < -0.39 is 6.04 Å². The third-order valence-electron chi connectivity index (χ3n) is 3.65. The molecule has 1 aliphatic heterocycles. The predicted molar refractivity (Wildman–Crippen MR) is 76.2 cm³/mol. The molecule has 0 aliphatic carbocycles. The number of nitrogens with zero attached hydrogens (tertiary/aromatic N) is 1. The first-order valence-corrected chi connectivity index (χ1v) is 6.90. The van der Waals surface area contributed by atoms with Gasteiger partial charge in [-0.3, -0.25) is 4.79 Å². The summed E-state index contributed by atoms with van der Waals surface area (Å²) < 4.78 is 4.98. The molecule has 0 bridgehead atoms. The minimum Gasteiger partial charge on any atom is -0.465 e. The molecule has 1 aromatic carbocycles. The van der Waals surface area contributed by atoms with E-state index in [4.69, 9.17) is 10.5 Å². The molecule has 0 saturated heterocycles. The van der Waals surface area contributed by atoms with Crippen LogP contribution in [0, 0.1) is 0 Å². The van der Waals surface area contributed by atoms with Crippen molar-refractivity contribution in [3.8, 4) is 0 Å². The average molecular weight is 262 g/mol. The van der Waals surface area contributed by atoms with E-state index in [2.05, 4.69) is 30.0 Å². The van der Waals surface area contributed by atoms with Crippen molar-refractivity contribution in [3.63, 3.8) is 0 Å². The SMILES string of the molecule is CCOC(=O)C(N)CN1c2ccccc2CCC1C. The van der Waals surface area contributed by atoms with Gasteiger partial charge in [-0.1, -0.05) is 18.2 Å². The number of aryl methyl sites for hydroxylation is 1. The van der Waals surface area contributed by atoms with Crippen molar-refractivity contribution >= 4 is 11.7 Å². The number of para-hydroxylation sites is 1. The van der Waals surface area contributed by atoms with E-state index in [1.54, 1.807) is 6.92 Å². The van der Waals surface area contributed by atoms with Crippen molar-refractivity contribution in [2.75, 3.05) is 18.1 Å². The molecular formula is C15H22N2O2. The first-order chi connectivity index (χ1) is 9.13. The number of anilines is 1. The number of ether oxygens (including phenoxy) is 1. The topological polar surface area (TPSA) is 55.6 Å². The highest BCUT2D eigenvalue weighted by atomic mass is 16.5. The van der Waals surface area contributed by atoms with Gasteiger partial charge in [-0.05, 0) is 38.3 Å². The maximum Gasteiger partial charge on any atom is 0.324 e. The first kappa shape index (κ1) is 13.9. The Morgan fingerprint density at radius 2 is 2.26 bits per heavy atom. The quantitative estimate of drug-likeness (QED) is 0.839. The molecule has 2 atom stereocenters. The van der Waals surface area contributed by atoms with Crippen LogP contribution < -0.4 is 10.6 Å². The lowest BCUT2D eigenvalue weighted by atomic mass is 9.96. The Labute approximate surface area is 114 Å². The molecule has 2 rings (SSSR count). The van der Waals surface area contributed by atoms with Crippen molar-refractivity contribution in [3.05, 3.63) is 29.8 Å². The van der Waals surface area contributed by atoms with Crippen LogP contribution in [0.1, 0.15) is 25.8 Å². The van der Waals surface area contributed by atoms with E-state index in [-0.39, 0.29) is 5.97 Å². The minimum absolute atomic E-state index is 0.322. The Kier molecular flexibility index (Phi) is 4.43. The third-order valence-corrected chi connectivity index (χ3v) is 3.65. The number of carbonyl (C=O) groups is 1. The Morgan fingerprint density at radius 1 is 1.53 bits per heavy atom. The van der Waals surface area contributed by atoms with Crippen LogP contribution in [0.4, 0.5) is 5.69 Å². The summed E-state index contributed by atoms with van der Waals surface area (Å²) in [6.07, 6.45) is 2.18. The molecule has 4 nitrogen and oxygen atoms in total. The van der Waals surface area contributed by atoms with Crippen LogP contribution >= 0.6 is 0 Å². The number of rotatable bonds is 4. The molecule has 0 saturated carbocycles. The maximum absolute atomic E-state index is 11.7. The fourth-order valence-electron chi connectivity index (χ4n) is 2.57. The number of esters is 1. The molecule has 104 valence electrons. The Morgan fingerprint density at radius 3 is 3.00 bits per heavy atom. The van der Waals surface area contributed by atoms with Crippen molar-refractivity contribution in [2.24, 2.45) is 5.73 Å². The van der Waals surface area contributed by atoms with E-state index in [9.17, 15) is 4.79 Å². The molecule has 19 heavy (non-hydrogen) atoms. The van der Waals surface area contributed by atoms with Crippen LogP contribution in [-0.2, 0) is 16.0 Å². The molecule has 0 spiro atoms. The van der Waals surface area contributed by atoms with Gasteiger partial charge in [0.25, 0.3) is 0 Å². The lowest BCUT2D eigenvalue weighted by Gasteiger charge is -2.38. The highest BCUT2D eigenvalue weighted by Crippen LogP contribution is 2.30. The van der Waals surface area contributed by atoms with Crippen molar-refractivity contribution in [1.82, 2.24) is 0 Å². The van der Waals surface area contributed by atoms with E-state index in [0.717, 1.165) is 12.8 Å². The lowest BCUT2D eigenvalue weighted by Crippen LogP contribution is -2.48. The zero-order valence-electron chi connectivity index (χ0n) is 11.6. The van der Waals surface area contributed by atoms with Gasteiger partial charge < -0.3 is 15.4 Å². The van der Waals surface area contributed by atoms with Crippen molar-refractivity contribution < 1.29 is 9.53 Å². The van der Waals surface area contributed by atoms with Gasteiger partial charge in [0.15, 0.2) is 0 Å². The lowest BCUT2D eigenvalue weighted by molar-refractivity contribution is -0.144. The van der Waals surface area contributed by atoms with Crippen molar-refractivity contribution in [2.45, 2.75) is 38.8 Å². The van der Waals surface area contributed by atoms with Crippen LogP contribution in [-0.4, -0.2) is 31.2 Å². The second-order valence-electron chi connectivity index (χ2n) is 5.03. The molecular weight excluding hydrogens is 240 g/mol. The second kappa shape index (κ2) is 6.06. The number of hydrogen-bond acceptors (Lipinski definition) is 4. The summed E-state index contributed by atoms with van der Waals surface area (Å²) in [6.45, 7) is 4.85. The fraction of sp³-hybridized carbons (Fsp3) is 0.533. The summed E-state index contributed by atoms with van der Waals surface area (Å²) in [7, 11) is 0. The molecule has 1 aliphatic rings. The van der Waals surface area contributed by atoms with Gasteiger partial charge in [-0.2, -0.15) is 0 Å². The monoisotopic (exact) mass is 262 g/mol. The number of nitrogens with two attached hydrogens (primary N) is 1. The van der Waals surface area contributed by atoms with Crippen LogP contribution in [0.5, 0.6) is 0 Å². The van der Waals surface area contributed by atoms with Crippen LogP contribution in [0.15, 0.2) is 24.3 Å². The minimum atomic E-state index is -0.589. The van der Waals surface area contributed by atoms with Crippen LogP contribution in [0.25, 0.3) is 0 Å². The van der Waals surface area contributed by atoms with E-state index in [1.807, 2.05) is 6.07 Å². The summed E-state index contributed by atoms with van der Waals surface area (Å²) in [5, 5.41) is 0. The predicted octanol–water partition coefficient (Wildman–Crippen LogP) is 1.72. The van der Waals surface area contributed by atoms with Gasteiger partial charge in [-0.25, -0.2) is 0 Å². The van der Waals surface area contributed by atoms with E-state index in [1.165, 1.54) is 11.3 Å². The van der Waals surface area contributed by atoms with Gasteiger partial charge in [0.2, 0.25) is 0 Å². The first-order valence-electron chi connectivity index (χ1n) is 6.90. The maximum atomic E-state index is 11.7. The molecule has 0 fully saturated rings. The van der Waals surface area contributed by atoms with Crippen molar-refractivity contribution in [1.29, 1.82) is 0 Å². The second-order valence-corrected chi connectivity index (χ2v) is 5.03. The molecule has 1 heterocycles. The molecule has 1 aromatic rings. The number of hydrogen-bond donors (Lipinski definition) is 1. The Hall–Kier alpha value is -1.55. The van der Waals surface area contributed by atoms with Gasteiger partial charge in [-0.15, -0.1) is 0 Å². The molecule has 0 aromatic heterocycles. The Bertz CT molecular complexity index is 448. The number of carbonyl (C=O) groups excluding carboxylic acids is 1. The summed E-state index contributed by atoms with van der Waals surface area (Å²) >= 11 is 0. The zero-order valence-corrected chi connectivity index (χ0v) is 11.6. The summed E-state index contributed by atoms with van der Waals surface area (Å²) in [5.74, 6) is -0.322. The summed E-state index contributed by atoms with van der Waals surface area (Å²) in [6, 6.07) is 8.13. The van der Waals surface area contributed by atoms with Crippen LogP contribution in [0.3, 0.4) is 0 Å². The largest absolute Gasteiger partial charge is 0.465 e. The number of fused-ring (bicyclic) bond motifs is 1. The molecule has 0 amide bonds. The Balaban J connectivity index is 2.13. The average Bonchev–Trinajstić information content (AvgIpc) is 2.42. The number of benzene rings is 1. The van der Waals surface area contributed by atoms with Crippen LogP contribution in [0.2, 0.25) is 0 Å². The molecule has 2 N–H and O–H groups in total. The summed E-state index contributed by atoms with van der Waals surface area (Å²) in [5.41, 5.74) is 8.46. The van der Waals surface area contributed by atoms with Gasteiger partial charge in [0.05, 0.1) is 6.61 Å². The highest BCUT2D eigenvalue weighted by Gasteiger charge is 2.26. The molecule has 0 radical (unpaired) electrons. The van der Waals surface area contributed by atoms with E-state index >= 15 is 0 Å².